The summed E-state index contributed by atoms with van der Waals surface area (Å²) in [6, 6.07) is 11.4. The second-order valence-corrected chi connectivity index (χ2v) is 8.44. The van der Waals surface area contributed by atoms with Crippen molar-refractivity contribution in [3.8, 4) is 5.69 Å². The quantitative estimate of drug-likeness (QED) is 0.705. The Kier molecular flexibility index (Phi) is 5.29. The summed E-state index contributed by atoms with van der Waals surface area (Å²) >= 11 is 5.92. The molecule has 1 amide bonds. The minimum Gasteiger partial charge on any atom is -0.346 e. The van der Waals surface area contributed by atoms with Gasteiger partial charge < -0.3 is 5.32 Å². The maximum atomic E-state index is 12.5. The summed E-state index contributed by atoms with van der Waals surface area (Å²) in [6.07, 6.45) is 4.10. The van der Waals surface area contributed by atoms with Crippen molar-refractivity contribution in [3.05, 3.63) is 71.3 Å². The van der Waals surface area contributed by atoms with Crippen molar-refractivity contribution < 1.29 is 13.2 Å². The predicted molar refractivity (Wildman–Crippen MR) is 102 cm³/mol. The molecular formula is C18H17ClN4O3S. The van der Waals surface area contributed by atoms with E-state index in [1.165, 1.54) is 24.5 Å². The van der Waals surface area contributed by atoms with E-state index in [2.05, 4.69) is 15.4 Å². The molecule has 0 aliphatic heterocycles. The van der Waals surface area contributed by atoms with Crippen molar-refractivity contribution in [2.75, 3.05) is 6.26 Å². The third-order valence-electron chi connectivity index (χ3n) is 4.02. The molecule has 1 aromatic heterocycles. The maximum Gasteiger partial charge on any atom is 0.251 e. The van der Waals surface area contributed by atoms with Crippen LogP contribution in [0.2, 0.25) is 5.02 Å². The number of aromatic nitrogens is 3. The number of hydrogen-bond acceptors (Lipinski definition) is 5. The Bertz CT molecular complexity index is 1060. The molecule has 3 rings (SSSR count). The Morgan fingerprint density at radius 3 is 2.48 bits per heavy atom. The Balaban J connectivity index is 1.76. The summed E-state index contributed by atoms with van der Waals surface area (Å²) in [7, 11) is -3.52. The van der Waals surface area contributed by atoms with Crippen molar-refractivity contribution in [1.82, 2.24) is 20.1 Å². The molecule has 1 atom stereocenters. The third kappa shape index (κ3) is 4.35. The number of benzene rings is 2. The van der Waals surface area contributed by atoms with Crippen LogP contribution in [0.5, 0.6) is 0 Å². The molecule has 3 aromatic rings. The Hall–Kier alpha value is -2.71. The predicted octanol–water partition coefficient (Wildman–Crippen LogP) is 2.82. The highest BCUT2D eigenvalue weighted by atomic mass is 35.5. The SMILES string of the molecule is CC(NC(=O)c1ccc(Cl)c(S(C)(=O)=O)c1)c1ccc(-n2cncn2)cc1. The Labute approximate surface area is 161 Å². The van der Waals surface area contributed by atoms with E-state index in [4.69, 9.17) is 11.6 Å². The van der Waals surface area contributed by atoms with Crippen molar-refractivity contribution >= 4 is 27.3 Å². The zero-order valence-corrected chi connectivity index (χ0v) is 16.2. The lowest BCUT2D eigenvalue weighted by atomic mass is 10.1. The standard InChI is InChI=1S/C18H17ClN4O3S/c1-12(13-3-6-15(7-4-13)23-11-20-10-21-23)22-18(24)14-5-8-16(19)17(9-14)27(2,25)26/h3-12H,1-2H3,(H,22,24). The van der Waals surface area contributed by atoms with Gasteiger partial charge in [-0.3, -0.25) is 4.79 Å². The number of nitrogens with one attached hydrogen (secondary N) is 1. The van der Waals surface area contributed by atoms with Crippen LogP contribution in [0.3, 0.4) is 0 Å². The highest BCUT2D eigenvalue weighted by Gasteiger charge is 2.17. The van der Waals surface area contributed by atoms with Gasteiger partial charge in [0.05, 0.1) is 21.6 Å². The molecule has 7 nitrogen and oxygen atoms in total. The van der Waals surface area contributed by atoms with E-state index >= 15 is 0 Å². The third-order valence-corrected chi connectivity index (χ3v) is 5.60. The average molecular weight is 405 g/mol. The maximum absolute atomic E-state index is 12.5. The van der Waals surface area contributed by atoms with Crippen molar-refractivity contribution in [1.29, 1.82) is 0 Å². The lowest BCUT2D eigenvalue weighted by molar-refractivity contribution is 0.0939. The molecule has 0 aliphatic carbocycles. The zero-order valence-electron chi connectivity index (χ0n) is 14.6. The molecule has 1 N–H and O–H groups in total. The first-order valence-electron chi connectivity index (χ1n) is 8.01. The molecule has 27 heavy (non-hydrogen) atoms. The lowest BCUT2D eigenvalue weighted by Gasteiger charge is -2.15. The van der Waals surface area contributed by atoms with Crippen LogP contribution in [0.4, 0.5) is 0 Å². The molecule has 140 valence electrons. The molecule has 0 saturated carbocycles. The number of halogens is 1. The smallest absolute Gasteiger partial charge is 0.251 e. The summed E-state index contributed by atoms with van der Waals surface area (Å²) in [5.41, 5.74) is 1.97. The van der Waals surface area contributed by atoms with Crippen LogP contribution in [0, 0.1) is 0 Å². The first-order chi connectivity index (χ1) is 12.8. The first kappa shape index (κ1) is 19.1. The number of rotatable bonds is 5. The number of carbonyl (C=O) groups is 1. The van der Waals surface area contributed by atoms with E-state index in [1.54, 1.807) is 11.0 Å². The van der Waals surface area contributed by atoms with Gasteiger partial charge in [-0.05, 0) is 42.8 Å². The van der Waals surface area contributed by atoms with Gasteiger partial charge in [-0.15, -0.1) is 0 Å². The minimum atomic E-state index is -3.52. The number of nitrogens with zero attached hydrogens (tertiary/aromatic N) is 3. The van der Waals surface area contributed by atoms with Gasteiger partial charge in [-0.1, -0.05) is 23.7 Å². The largest absolute Gasteiger partial charge is 0.346 e. The summed E-state index contributed by atoms with van der Waals surface area (Å²) < 4.78 is 25.2. The van der Waals surface area contributed by atoms with Crippen molar-refractivity contribution in [2.24, 2.45) is 0 Å². The second kappa shape index (κ2) is 7.50. The van der Waals surface area contributed by atoms with Gasteiger partial charge in [0.15, 0.2) is 9.84 Å². The van der Waals surface area contributed by atoms with Gasteiger partial charge in [0.25, 0.3) is 5.91 Å². The molecule has 0 saturated heterocycles. The van der Waals surface area contributed by atoms with Crippen LogP contribution in [-0.4, -0.2) is 35.3 Å². The van der Waals surface area contributed by atoms with E-state index < -0.39 is 9.84 Å². The molecule has 1 unspecified atom stereocenters. The molecular weight excluding hydrogens is 388 g/mol. The van der Waals surface area contributed by atoms with E-state index in [0.717, 1.165) is 17.5 Å². The van der Waals surface area contributed by atoms with Gasteiger partial charge >= 0.3 is 0 Å². The first-order valence-corrected chi connectivity index (χ1v) is 10.3. The highest BCUT2D eigenvalue weighted by molar-refractivity contribution is 7.90. The molecule has 0 bridgehead atoms. The second-order valence-electron chi connectivity index (χ2n) is 6.04. The van der Waals surface area contributed by atoms with Crippen LogP contribution in [-0.2, 0) is 9.84 Å². The van der Waals surface area contributed by atoms with E-state index in [0.29, 0.717) is 0 Å². The van der Waals surface area contributed by atoms with Gasteiger partial charge in [-0.2, -0.15) is 5.10 Å². The van der Waals surface area contributed by atoms with E-state index in [9.17, 15) is 13.2 Å². The Morgan fingerprint density at radius 2 is 1.89 bits per heavy atom. The normalized spacial score (nSPS) is 12.6. The van der Waals surface area contributed by atoms with Crippen molar-refractivity contribution in [3.63, 3.8) is 0 Å². The molecule has 0 spiro atoms. The van der Waals surface area contributed by atoms with Crippen LogP contribution < -0.4 is 5.32 Å². The summed E-state index contributed by atoms with van der Waals surface area (Å²) in [4.78, 5) is 16.3. The number of hydrogen-bond donors (Lipinski definition) is 1. The number of amides is 1. The average Bonchev–Trinajstić information content (AvgIpc) is 3.15. The van der Waals surface area contributed by atoms with Gasteiger partial charge in [0.2, 0.25) is 0 Å². The van der Waals surface area contributed by atoms with E-state index in [-0.39, 0.29) is 27.4 Å². The van der Waals surface area contributed by atoms with Crippen LogP contribution in [0.15, 0.2) is 60.0 Å². The molecule has 2 aromatic carbocycles. The van der Waals surface area contributed by atoms with E-state index in [1.807, 2.05) is 31.2 Å². The number of sulfone groups is 1. The molecule has 0 radical (unpaired) electrons. The lowest BCUT2D eigenvalue weighted by Crippen LogP contribution is -2.26. The molecule has 1 heterocycles. The van der Waals surface area contributed by atoms with Gasteiger partial charge in [0, 0.05) is 11.8 Å². The Morgan fingerprint density at radius 1 is 1.19 bits per heavy atom. The topological polar surface area (TPSA) is 94.0 Å². The van der Waals surface area contributed by atoms with Crippen LogP contribution >= 0.6 is 11.6 Å². The highest BCUT2D eigenvalue weighted by Crippen LogP contribution is 2.23. The monoisotopic (exact) mass is 404 g/mol. The fourth-order valence-corrected chi connectivity index (χ4v) is 3.85. The minimum absolute atomic E-state index is 0.0679. The van der Waals surface area contributed by atoms with Gasteiger partial charge in [0.1, 0.15) is 12.7 Å². The molecule has 0 aliphatic rings. The summed E-state index contributed by atoms with van der Waals surface area (Å²) in [5.74, 6) is -0.385. The van der Waals surface area contributed by atoms with Gasteiger partial charge in [-0.25, -0.2) is 18.1 Å². The summed E-state index contributed by atoms with van der Waals surface area (Å²) in [6.45, 7) is 1.84. The fourth-order valence-electron chi connectivity index (χ4n) is 2.55. The molecule has 0 fully saturated rings. The summed E-state index contributed by atoms with van der Waals surface area (Å²) in [5, 5.41) is 7.00. The fraction of sp³-hybridized carbons (Fsp3) is 0.167. The van der Waals surface area contributed by atoms with Crippen molar-refractivity contribution in [2.45, 2.75) is 17.9 Å². The van der Waals surface area contributed by atoms with Crippen LogP contribution in [0.25, 0.3) is 5.69 Å². The number of carbonyl (C=O) groups excluding carboxylic acids is 1. The zero-order chi connectivity index (χ0) is 19.6. The molecule has 9 heteroatoms. The van der Waals surface area contributed by atoms with Crippen LogP contribution in [0.1, 0.15) is 28.9 Å².